The summed E-state index contributed by atoms with van der Waals surface area (Å²) in [4.78, 5) is 24.8. The van der Waals surface area contributed by atoms with E-state index in [1.54, 1.807) is 18.3 Å². The Morgan fingerprint density at radius 3 is 2.55 bits per heavy atom. The lowest BCUT2D eigenvalue weighted by molar-refractivity contribution is -0.128. The van der Waals surface area contributed by atoms with Gasteiger partial charge in [0.2, 0.25) is 11.9 Å². The molecule has 1 aliphatic carbocycles. The number of hydrogen-bond donors (Lipinski definition) is 4. The minimum atomic E-state index is -3.40. The van der Waals surface area contributed by atoms with Crippen LogP contribution in [0.15, 0.2) is 18.3 Å². The van der Waals surface area contributed by atoms with Crippen LogP contribution in [0, 0.1) is 10.8 Å². The van der Waals surface area contributed by atoms with E-state index < -0.39 is 21.5 Å². The lowest BCUT2D eigenvalue weighted by Gasteiger charge is -2.36. The number of imidazole rings is 1. The molecule has 200 valence electrons. The van der Waals surface area contributed by atoms with Crippen molar-refractivity contribution >= 4 is 68.6 Å². The number of carbonyl (C=O) groups is 1. The van der Waals surface area contributed by atoms with E-state index >= 15 is 0 Å². The second kappa shape index (κ2) is 10.2. The first-order chi connectivity index (χ1) is 18.1. The standard InChI is InChI=1S/C23H27ClN10O3S/c1-38(36,37)13-19(35)33-6-4-32(5-7-33)18-9-14(10-25)8-17(20(18)24)29-23-30-21(28-15-2-3-15)22-27-12-16(11-26)34(22)31-23/h8-12,15,25-26H,2-7,13H2,1H3,(H2,28,29,30,31). The van der Waals surface area contributed by atoms with Crippen molar-refractivity contribution in [3.8, 4) is 0 Å². The molecule has 15 heteroatoms. The first-order valence-electron chi connectivity index (χ1n) is 12.0. The Bertz CT molecular complexity index is 1530. The Morgan fingerprint density at radius 2 is 1.92 bits per heavy atom. The second-order valence-corrected chi connectivity index (χ2v) is 11.9. The summed E-state index contributed by atoms with van der Waals surface area (Å²) >= 11 is 6.83. The predicted molar refractivity (Wildman–Crippen MR) is 146 cm³/mol. The van der Waals surface area contributed by atoms with Crippen LogP contribution in [0.5, 0.6) is 0 Å². The van der Waals surface area contributed by atoms with Crippen molar-refractivity contribution in [1.29, 1.82) is 10.8 Å². The molecule has 1 saturated heterocycles. The molecule has 1 amide bonds. The number of nitrogens with zero attached hydrogens (tertiary/aromatic N) is 6. The predicted octanol–water partition coefficient (Wildman–Crippen LogP) is 1.78. The normalized spacial score (nSPS) is 15.9. The number of carbonyl (C=O) groups excluding carboxylic acids is 1. The van der Waals surface area contributed by atoms with Gasteiger partial charge in [-0.3, -0.25) is 4.79 Å². The quantitative estimate of drug-likeness (QED) is 0.285. The van der Waals surface area contributed by atoms with Crippen molar-refractivity contribution in [1.82, 2.24) is 24.5 Å². The SMILES string of the molecule is CS(=O)(=O)CC(=O)N1CCN(c2cc(C=N)cc(Nc3nc(NC4CC4)c4ncc(C=N)n4n3)c2Cl)CC1. The van der Waals surface area contributed by atoms with Crippen molar-refractivity contribution in [2.24, 2.45) is 0 Å². The van der Waals surface area contributed by atoms with Gasteiger partial charge in [-0.15, -0.1) is 5.10 Å². The number of anilines is 4. The lowest BCUT2D eigenvalue weighted by Crippen LogP contribution is -2.50. The highest BCUT2D eigenvalue weighted by atomic mass is 35.5. The monoisotopic (exact) mass is 558 g/mol. The number of fused-ring (bicyclic) bond motifs is 1. The number of aromatic nitrogens is 4. The van der Waals surface area contributed by atoms with E-state index in [9.17, 15) is 13.2 Å². The van der Waals surface area contributed by atoms with Crippen LogP contribution in [0.3, 0.4) is 0 Å². The zero-order chi connectivity index (χ0) is 27.0. The number of halogens is 1. The lowest BCUT2D eigenvalue weighted by atomic mass is 10.1. The van der Waals surface area contributed by atoms with Gasteiger partial charge in [0.15, 0.2) is 21.3 Å². The maximum atomic E-state index is 12.3. The van der Waals surface area contributed by atoms with E-state index in [0.29, 0.717) is 71.3 Å². The summed E-state index contributed by atoms with van der Waals surface area (Å²) in [7, 11) is -3.40. The third-order valence-electron chi connectivity index (χ3n) is 6.30. The fourth-order valence-corrected chi connectivity index (χ4v) is 5.14. The zero-order valence-electron chi connectivity index (χ0n) is 20.6. The summed E-state index contributed by atoms with van der Waals surface area (Å²) in [5.74, 6) is -0.134. The van der Waals surface area contributed by atoms with Crippen molar-refractivity contribution in [3.05, 3.63) is 34.6 Å². The van der Waals surface area contributed by atoms with Gasteiger partial charge in [0.25, 0.3) is 0 Å². The number of amides is 1. The number of rotatable bonds is 9. The topological polar surface area (TPSA) is 173 Å². The molecule has 0 bridgehead atoms. The van der Waals surface area contributed by atoms with E-state index in [0.717, 1.165) is 19.1 Å². The van der Waals surface area contributed by atoms with Gasteiger partial charge < -0.3 is 31.3 Å². The Labute approximate surface area is 224 Å². The summed E-state index contributed by atoms with van der Waals surface area (Å²) < 4.78 is 24.6. The van der Waals surface area contributed by atoms with E-state index in [4.69, 9.17) is 22.4 Å². The fraction of sp³-hybridized carbons (Fsp3) is 0.391. The summed E-state index contributed by atoms with van der Waals surface area (Å²) in [5, 5.41) is 26.9. The number of hydrogen-bond acceptors (Lipinski definition) is 11. The zero-order valence-corrected chi connectivity index (χ0v) is 22.2. The molecule has 1 saturated carbocycles. The first-order valence-corrected chi connectivity index (χ1v) is 14.4. The Kier molecular flexibility index (Phi) is 6.92. The minimum absolute atomic E-state index is 0.243. The summed E-state index contributed by atoms with van der Waals surface area (Å²) in [6.07, 6.45) is 7.06. The minimum Gasteiger partial charge on any atom is -0.367 e. The molecule has 1 aliphatic heterocycles. The average molecular weight is 559 g/mol. The molecule has 0 unspecified atom stereocenters. The van der Waals surface area contributed by atoms with E-state index in [-0.39, 0.29) is 5.95 Å². The first kappa shape index (κ1) is 25.9. The Hall–Kier alpha value is -3.78. The Morgan fingerprint density at radius 1 is 1.18 bits per heavy atom. The van der Waals surface area contributed by atoms with Crippen LogP contribution in [0.25, 0.3) is 5.65 Å². The van der Waals surface area contributed by atoms with E-state index in [1.165, 1.54) is 21.8 Å². The molecule has 1 aromatic carbocycles. The van der Waals surface area contributed by atoms with Crippen molar-refractivity contribution in [2.75, 3.05) is 53.7 Å². The highest BCUT2D eigenvalue weighted by Gasteiger charge is 2.27. The molecule has 0 spiro atoms. The average Bonchev–Trinajstić information content (AvgIpc) is 3.60. The second-order valence-electron chi connectivity index (χ2n) is 9.37. The highest BCUT2D eigenvalue weighted by molar-refractivity contribution is 7.91. The molecule has 3 heterocycles. The van der Waals surface area contributed by atoms with Crippen molar-refractivity contribution in [3.63, 3.8) is 0 Å². The van der Waals surface area contributed by atoms with Crippen molar-refractivity contribution in [2.45, 2.75) is 18.9 Å². The molecule has 13 nitrogen and oxygen atoms in total. The Balaban J connectivity index is 1.42. The largest absolute Gasteiger partial charge is 0.367 e. The van der Waals surface area contributed by atoms with Crippen LogP contribution in [-0.4, -0.2) is 95.5 Å². The molecule has 0 atom stereocenters. The van der Waals surface area contributed by atoms with Crippen LogP contribution in [0.4, 0.5) is 23.1 Å². The third-order valence-corrected chi connectivity index (χ3v) is 7.47. The van der Waals surface area contributed by atoms with Gasteiger partial charge in [-0.05, 0) is 30.5 Å². The smallest absolute Gasteiger partial charge is 0.247 e. The van der Waals surface area contributed by atoms with Gasteiger partial charge in [0, 0.05) is 50.9 Å². The van der Waals surface area contributed by atoms with E-state index in [2.05, 4.69) is 25.7 Å². The summed E-state index contributed by atoms with van der Waals surface area (Å²) in [6.45, 7) is 1.61. The van der Waals surface area contributed by atoms with E-state index in [1.807, 2.05) is 4.90 Å². The molecule has 0 radical (unpaired) electrons. The van der Waals surface area contributed by atoms with Gasteiger partial charge in [-0.25, -0.2) is 17.9 Å². The van der Waals surface area contributed by atoms with Gasteiger partial charge >= 0.3 is 0 Å². The number of benzene rings is 1. The third kappa shape index (κ3) is 5.55. The van der Waals surface area contributed by atoms with Crippen molar-refractivity contribution < 1.29 is 13.2 Å². The molecule has 3 aromatic rings. The van der Waals surface area contributed by atoms with Gasteiger partial charge in [-0.2, -0.15) is 4.98 Å². The molecular formula is C23H27ClN10O3S. The summed E-state index contributed by atoms with van der Waals surface area (Å²) in [6, 6.07) is 3.83. The fourth-order valence-electron chi connectivity index (χ4n) is 4.24. The van der Waals surface area contributed by atoms with Gasteiger partial charge in [0.1, 0.15) is 11.4 Å². The molecule has 2 fully saturated rings. The molecule has 2 aromatic heterocycles. The molecule has 38 heavy (non-hydrogen) atoms. The van der Waals surface area contributed by atoms with Gasteiger partial charge in [-0.1, -0.05) is 11.6 Å². The molecule has 4 N–H and O–H groups in total. The number of sulfone groups is 1. The van der Waals surface area contributed by atoms with Gasteiger partial charge in [0.05, 0.1) is 22.6 Å². The van der Waals surface area contributed by atoms with Crippen LogP contribution >= 0.6 is 11.6 Å². The number of nitrogens with one attached hydrogen (secondary N) is 4. The van der Waals surface area contributed by atoms with Crippen LogP contribution in [0.2, 0.25) is 5.02 Å². The summed E-state index contributed by atoms with van der Waals surface area (Å²) in [5.41, 5.74) is 2.77. The molecule has 5 rings (SSSR count). The maximum Gasteiger partial charge on any atom is 0.247 e. The van der Waals surface area contributed by atoms with Crippen LogP contribution in [0.1, 0.15) is 24.1 Å². The number of piperazine rings is 1. The van der Waals surface area contributed by atoms with Crippen LogP contribution < -0.4 is 15.5 Å². The maximum absolute atomic E-state index is 12.3. The molecular weight excluding hydrogens is 532 g/mol. The molecule has 2 aliphatic rings. The van der Waals surface area contributed by atoms with Crippen LogP contribution in [-0.2, 0) is 14.6 Å². The highest BCUT2D eigenvalue weighted by Crippen LogP contribution is 2.36.